The predicted molar refractivity (Wildman–Crippen MR) is 92.6 cm³/mol. The van der Waals surface area contributed by atoms with E-state index in [1.165, 1.54) is 18.3 Å². The van der Waals surface area contributed by atoms with Gasteiger partial charge in [-0.1, -0.05) is 6.07 Å². The standard InChI is InChI=1S/C16H16BrN3O4/c17-14-9-13(24-16(14)20-4-6-23-7-5-20)10-18-19-15(22)11-2-1-3-12(21)8-11/h1-3,8-10,21H,4-7H2,(H,19,22)/b18-10+. The Labute approximate surface area is 147 Å². The molecule has 2 N–H and O–H groups in total. The van der Waals surface area contributed by atoms with Gasteiger partial charge < -0.3 is 19.2 Å². The molecule has 8 heteroatoms. The molecular weight excluding hydrogens is 378 g/mol. The molecule has 0 unspecified atom stereocenters. The van der Waals surface area contributed by atoms with Gasteiger partial charge in [0.25, 0.3) is 5.91 Å². The average Bonchev–Trinajstić information content (AvgIpc) is 2.96. The third-order valence-corrected chi connectivity index (χ3v) is 4.02. The van der Waals surface area contributed by atoms with Crippen molar-refractivity contribution in [1.29, 1.82) is 0 Å². The fourth-order valence-electron chi connectivity index (χ4n) is 2.29. The number of benzene rings is 1. The van der Waals surface area contributed by atoms with Gasteiger partial charge in [-0.15, -0.1) is 0 Å². The number of phenolic OH excluding ortho intramolecular Hbond substituents is 1. The lowest BCUT2D eigenvalue weighted by Gasteiger charge is -2.26. The summed E-state index contributed by atoms with van der Waals surface area (Å²) in [6.45, 7) is 2.85. The van der Waals surface area contributed by atoms with E-state index in [2.05, 4.69) is 31.4 Å². The third-order valence-electron chi connectivity index (χ3n) is 3.45. The second kappa shape index (κ2) is 7.50. The Balaban J connectivity index is 1.63. The quantitative estimate of drug-likeness (QED) is 0.614. The number of nitrogens with one attached hydrogen (secondary N) is 1. The number of carbonyl (C=O) groups is 1. The molecule has 1 aromatic heterocycles. The van der Waals surface area contributed by atoms with Crippen LogP contribution in [0.2, 0.25) is 0 Å². The van der Waals surface area contributed by atoms with Crippen LogP contribution < -0.4 is 10.3 Å². The van der Waals surface area contributed by atoms with Crippen LogP contribution in [0.25, 0.3) is 0 Å². The molecule has 2 heterocycles. The van der Waals surface area contributed by atoms with Gasteiger partial charge in [-0.25, -0.2) is 5.43 Å². The molecule has 1 aromatic carbocycles. The van der Waals surface area contributed by atoms with Crippen LogP contribution in [-0.4, -0.2) is 43.5 Å². The average molecular weight is 394 g/mol. The highest BCUT2D eigenvalue weighted by Crippen LogP contribution is 2.30. The zero-order chi connectivity index (χ0) is 16.9. The molecule has 1 amide bonds. The molecule has 2 aromatic rings. The van der Waals surface area contributed by atoms with E-state index in [0.717, 1.165) is 23.4 Å². The molecule has 0 aliphatic carbocycles. The van der Waals surface area contributed by atoms with Gasteiger partial charge in [-0.3, -0.25) is 4.79 Å². The van der Waals surface area contributed by atoms with E-state index < -0.39 is 5.91 Å². The molecule has 0 atom stereocenters. The van der Waals surface area contributed by atoms with Crippen LogP contribution in [0, 0.1) is 0 Å². The molecular formula is C16H16BrN3O4. The summed E-state index contributed by atoms with van der Waals surface area (Å²) in [5.41, 5.74) is 2.71. The van der Waals surface area contributed by atoms with Crippen molar-refractivity contribution >= 4 is 33.9 Å². The Morgan fingerprint density at radius 1 is 1.33 bits per heavy atom. The van der Waals surface area contributed by atoms with Crippen LogP contribution >= 0.6 is 15.9 Å². The van der Waals surface area contributed by atoms with Crippen molar-refractivity contribution in [2.75, 3.05) is 31.2 Å². The summed E-state index contributed by atoms with van der Waals surface area (Å²) in [6, 6.07) is 7.82. The van der Waals surface area contributed by atoms with Crippen LogP contribution in [0.1, 0.15) is 16.1 Å². The minimum atomic E-state index is -0.416. The molecule has 1 fully saturated rings. The lowest BCUT2D eigenvalue weighted by molar-refractivity contribution is 0.0954. The number of aromatic hydroxyl groups is 1. The minimum Gasteiger partial charge on any atom is -0.508 e. The maximum Gasteiger partial charge on any atom is 0.271 e. The summed E-state index contributed by atoms with van der Waals surface area (Å²) >= 11 is 3.47. The number of hydrogen-bond donors (Lipinski definition) is 2. The Bertz CT molecular complexity index is 754. The monoisotopic (exact) mass is 393 g/mol. The number of ether oxygens (including phenoxy) is 1. The number of amides is 1. The number of hydrazone groups is 1. The minimum absolute atomic E-state index is 0.0248. The molecule has 24 heavy (non-hydrogen) atoms. The highest BCUT2D eigenvalue weighted by atomic mass is 79.9. The fourth-order valence-corrected chi connectivity index (χ4v) is 2.85. The number of morpholine rings is 1. The van der Waals surface area contributed by atoms with Crippen molar-refractivity contribution in [2.24, 2.45) is 5.10 Å². The summed E-state index contributed by atoms with van der Waals surface area (Å²) in [7, 11) is 0. The largest absolute Gasteiger partial charge is 0.508 e. The smallest absolute Gasteiger partial charge is 0.271 e. The van der Waals surface area contributed by atoms with Crippen LogP contribution in [0.15, 0.2) is 44.3 Å². The summed E-state index contributed by atoms with van der Waals surface area (Å²) in [5, 5.41) is 13.3. The molecule has 0 bridgehead atoms. The number of nitrogens with zero attached hydrogens (tertiary/aromatic N) is 2. The van der Waals surface area contributed by atoms with Crippen LogP contribution in [0.3, 0.4) is 0 Å². The van der Waals surface area contributed by atoms with E-state index in [1.807, 2.05) is 0 Å². The highest BCUT2D eigenvalue weighted by molar-refractivity contribution is 9.10. The molecule has 126 valence electrons. The summed E-state index contributed by atoms with van der Waals surface area (Å²) < 4.78 is 11.9. The zero-order valence-corrected chi connectivity index (χ0v) is 14.3. The van der Waals surface area contributed by atoms with Crippen LogP contribution in [-0.2, 0) is 4.74 Å². The van der Waals surface area contributed by atoms with Crippen molar-refractivity contribution in [3.05, 3.63) is 46.1 Å². The third kappa shape index (κ3) is 3.95. The van der Waals surface area contributed by atoms with Crippen molar-refractivity contribution in [2.45, 2.75) is 0 Å². The van der Waals surface area contributed by atoms with E-state index in [-0.39, 0.29) is 5.75 Å². The molecule has 1 aliphatic heterocycles. The first-order valence-corrected chi connectivity index (χ1v) is 8.17. The number of rotatable bonds is 4. The Kier molecular flexibility index (Phi) is 5.17. The van der Waals surface area contributed by atoms with E-state index in [9.17, 15) is 9.90 Å². The lowest BCUT2D eigenvalue weighted by Crippen LogP contribution is -2.36. The molecule has 3 rings (SSSR count). The van der Waals surface area contributed by atoms with Crippen molar-refractivity contribution in [1.82, 2.24) is 5.43 Å². The molecule has 1 aliphatic rings. The van der Waals surface area contributed by atoms with Crippen molar-refractivity contribution < 1.29 is 19.1 Å². The molecule has 0 radical (unpaired) electrons. The maximum atomic E-state index is 11.9. The fraction of sp³-hybridized carbons (Fsp3) is 0.250. The van der Waals surface area contributed by atoms with Gasteiger partial charge in [0, 0.05) is 24.7 Å². The van der Waals surface area contributed by atoms with Gasteiger partial charge in [0.05, 0.1) is 23.9 Å². The van der Waals surface area contributed by atoms with Crippen LogP contribution in [0.4, 0.5) is 5.88 Å². The topological polar surface area (TPSA) is 87.3 Å². The van der Waals surface area contributed by atoms with Gasteiger partial charge >= 0.3 is 0 Å². The Morgan fingerprint density at radius 2 is 2.12 bits per heavy atom. The van der Waals surface area contributed by atoms with Gasteiger partial charge in [0.2, 0.25) is 5.88 Å². The highest BCUT2D eigenvalue weighted by Gasteiger charge is 2.18. The molecule has 0 spiro atoms. The number of halogens is 1. The zero-order valence-electron chi connectivity index (χ0n) is 12.7. The number of hydrogen-bond acceptors (Lipinski definition) is 6. The van der Waals surface area contributed by atoms with Crippen molar-refractivity contribution in [3.63, 3.8) is 0 Å². The number of anilines is 1. The predicted octanol–water partition coefficient (Wildman–Crippen LogP) is 2.35. The van der Waals surface area contributed by atoms with Gasteiger partial charge in [-0.2, -0.15) is 5.10 Å². The number of furan rings is 1. The lowest BCUT2D eigenvalue weighted by atomic mass is 10.2. The second-order valence-electron chi connectivity index (χ2n) is 5.15. The second-order valence-corrected chi connectivity index (χ2v) is 6.01. The summed E-state index contributed by atoms with van der Waals surface area (Å²) in [4.78, 5) is 14.0. The molecule has 0 saturated carbocycles. The first-order chi connectivity index (χ1) is 11.6. The first kappa shape index (κ1) is 16.5. The summed E-state index contributed by atoms with van der Waals surface area (Å²) in [5.74, 6) is 0.844. The van der Waals surface area contributed by atoms with Gasteiger partial charge in [-0.05, 0) is 34.1 Å². The molecule has 1 saturated heterocycles. The summed E-state index contributed by atoms with van der Waals surface area (Å²) in [6.07, 6.45) is 1.43. The van der Waals surface area contributed by atoms with E-state index in [4.69, 9.17) is 9.15 Å². The Hall–Kier alpha value is -2.32. The first-order valence-electron chi connectivity index (χ1n) is 7.38. The maximum absolute atomic E-state index is 11.9. The normalized spacial score (nSPS) is 15.0. The van der Waals surface area contributed by atoms with Crippen LogP contribution in [0.5, 0.6) is 5.75 Å². The molecule has 7 nitrogen and oxygen atoms in total. The van der Waals surface area contributed by atoms with E-state index in [1.54, 1.807) is 18.2 Å². The van der Waals surface area contributed by atoms with Gasteiger partial charge in [0.15, 0.2) is 5.76 Å². The SMILES string of the molecule is O=C(N/N=C/c1cc(Br)c(N2CCOCC2)o1)c1cccc(O)c1. The van der Waals surface area contributed by atoms with E-state index >= 15 is 0 Å². The Morgan fingerprint density at radius 3 is 2.88 bits per heavy atom. The van der Waals surface area contributed by atoms with E-state index in [0.29, 0.717) is 24.5 Å². The number of phenols is 1. The number of carbonyl (C=O) groups excluding carboxylic acids is 1. The van der Waals surface area contributed by atoms with Crippen molar-refractivity contribution in [3.8, 4) is 5.75 Å². The van der Waals surface area contributed by atoms with Gasteiger partial charge in [0.1, 0.15) is 5.75 Å².